The Morgan fingerprint density at radius 3 is 2.76 bits per heavy atom. The average Bonchev–Trinajstić information content (AvgIpc) is 2.28. The van der Waals surface area contributed by atoms with Crippen molar-refractivity contribution in [3.05, 3.63) is 33.2 Å². The van der Waals surface area contributed by atoms with Crippen LogP contribution in [0.15, 0.2) is 10.9 Å². The Hall–Kier alpha value is -2.23. The zero-order valence-electron chi connectivity index (χ0n) is 8.79. The number of aromatic amines is 1. The first-order chi connectivity index (χ1) is 8.01. The number of nitrogens with one attached hydrogen (secondary N) is 1. The van der Waals surface area contributed by atoms with Gasteiger partial charge in [-0.3, -0.25) is 4.79 Å². The Labute approximate surface area is 94.6 Å². The van der Waals surface area contributed by atoms with Crippen molar-refractivity contribution in [2.45, 2.75) is 13.3 Å². The van der Waals surface area contributed by atoms with Crippen LogP contribution in [0.1, 0.15) is 35.0 Å². The van der Waals surface area contributed by atoms with Crippen LogP contribution < -0.4 is 5.56 Å². The fraction of sp³-hybridized carbons (Fsp3) is 0.300. The van der Waals surface area contributed by atoms with Gasteiger partial charge in [-0.1, -0.05) is 0 Å². The van der Waals surface area contributed by atoms with Gasteiger partial charge in [-0.2, -0.15) is 5.26 Å². The number of aromatic nitrogens is 1. The first kappa shape index (κ1) is 12.8. The van der Waals surface area contributed by atoms with Gasteiger partial charge in [-0.15, -0.1) is 0 Å². The predicted octanol–water partition coefficient (Wildman–Crippen LogP) is 1.36. The van der Waals surface area contributed by atoms with Gasteiger partial charge in [0.05, 0.1) is 17.7 Å². The Morgan fingerprint density at radius 1 is 1.65 bits per heavy atom. The number of pyridine rings is 1. The summed E-state index contributed by atoms with van der Waals surface area (Å²) in [5.41, 5.74) is -2.72. The van der Waals surface area contributed by atoms with Crippen molar-refractivity contribution in [1.29, 1.82) is 5.26 Å². The molecule has 0 fully saturated rings. The fourth-order valence-corrected chi connectivity index (χ4v) is 1.17. The number of halogens is 2. The minimum Gasteiger partial charge on any atom is -0.462 e. The number of hydrogen-bond acceptors (Lipinski definition) is 4. The van der Waals surface area contributed by atoms with Gasteiger partial charge in [0.25, 0.3) is 12.0 Å². The Bertz CT molecular complexity index is 531. The first-order valence-corrected chi connectivity index (χ1v) is 4.63. The molecule has 17 heavy (non-hydrogen) atoms. The van der Waals surface area contributed by atoms with Crippen LogP contribution >= 0.6 is 0 Å². The van der Waals surface area contributed by atoms with Crippen LogP contribution in [0.5, 0.6) is 0 Å². The van der Waals surface area contributed by atoms with Crippen LogP contribution in [0, 0.1) is 11.3 Å². The van der Waals surface area contributed by atoms with E-state index in [1.54, 1.807) is 6.07 Å². The summed E-state index contributed by atoms with van der Waals surface area (Å²) in [5, 5.41) is 8.67. The van der Waals surface area contributed by atoms with Gasteiger partial charge in [0.2, 0.25) is 0 Å². The highest BCUT2D eigenvalue weighted by Crippen LogP contribution is 2.17. The lowest BCUT2D eigenvalue weighted by molar-refractivity contribution is 0.0525. The molecule has 1 aromatic heterocycles. The van der Waals surface area contributed by atoms with Crippen LogP contribution in [0.25, 0.3) is 0 Å². The van der Waals surface area contributed by atoms with Gasteiger partial charge in [0.1, 0.15) is 11.8 Å². The summed E-state index contributed by atoms with van der Waals surface area (Å²) in [6, 6.07) is 2.22. The van der Waals surface area contributed by atoms with Gasteiger partial charge in [-0.25, -0.2) is 13.6 Å². The molecule has 0 radical (unpaired) electrons. The Balaban J connectivity index is 3.38. The molecule has 0 bridgehead atoms. The number of ether oxygens (including phenoxy) is 1. The molecule has 5 nitrogen and oxygen atoms in total. The van der Waals surface area contributed by atoms with E-state index in [1.807, 2.05) is 4.98 Å². The van der Waals surface area contributed by atoms with Gasteiger partial charge >= 0.3 is 5.97 Å². The number of carbonyl (C=O) groups excluding carboxylic acids is 1. The molecular formula is C10H8F2N2O3. The van der Waals surface area contributed by atoms with E-state index >= 15 is 0 Å². The van der Waals surface area contributed by atoms with Crippen molar-refractivity contribution >= 4 is 5.97 Å². The normalized spacial score (nSPS) is 10.1. The van der Waals surface area contributed by atoms with E-state index in [2.05, 4.69) is 4.74 Å². The van der Waals surface area contributed by atoms with E-state index in [-0.39, 0.29) is 12.2 Å². The number of alkyl halides is 2. The standard InChI is InChI=1S/C10H8F2N2O3/c1-2-17-10(16)5-3-6(8(11)12)9(15)14-7(5)4-13/h3,8H,2H2,1H3,(H,14,15). The average molecular weight is 242 g/mol. The number of esters is 1. The maximum Gasteiger partial charge on any atom is 0.341 e. The van der Waals surface area contributed by atoms with Crippen molar-refractivity contribution in [2.24, 2.45) is 0 Å². The minimum atomic E-state index is -3.03. The lowest BCUT2D eigenvalue weighted by Gasteiger charge is -2.05. The molecule has 0 saturated heterocycles. The maximum atomic E-state index is 12.4. The lowest BCUT2D eigenvalue weighted by atomic mass is 10.1. The Morgan fingerprint density at radius 2 is 2.29 bits per heavy atom. The number of rotatable bonds is 3. The third kappa shape index (κ3) is 2.66. The number of nitriles is 1. The van der Waals surface area contributed by atoms with E-state index in [1.165, 1.54) is 6.92 Å². The molecule has 0 unspecified atom stereocenters. The molecule has 0 aliphatic rings. The summed E-state index contributed by atoms with van der Waals surface area (Å²) in [5.74, 6) is -0.929. The quantitative estimate of drug-likeness (QED) is 0.811. The second-order valence-corrected chi connectivity index (χ2v) is 2.98. The molecule has 90 valence electrons. The van der Waals surface area contributed by atoms with Crippen molar-refractivity contribution in [3.8, 4) is 6.07 Å². The van der Waals surface area contributed by atoms with E-state index in [9.17, 15) is 18.4 Å². The molecule has 0 spiro atoms. The molecule has 0 aliphatic heterocycles. The number of hydrogen-bond donors (Lipinski definition) is 1. The molecule has 1 rings (SSSR count). The van der Waals surface area contributed by atoms with Crippen molar-refractivity contribution in [2.75, 3.05) is 6.61 Å². The third-order valence-corrected chi connectivity index (χ3v) is 1.91. The molecule has 0 aliphatic carbocycles. The Kier molecular flexibility index (Phi) is 3.93. The lowest BCUT2D eigenvalue weighted by Crippen LogP contribution is -2.19. The number of carbonyl (C=O) groups is 1. The van der Waals surface area contributed by atoms with E-state index in [0.717, 1.165) is 0 Å². The van der Waals surface area contributed by atoms with E-state index in [0.29, 0.717) is 6.07 Å². The van der Waals surface area contributed by atoms with Gasteiger partial charge < -0.3 is 9.72 Å². The highest BCUT2D eigenvalue weighted by molar-refractivity contribution is 5.91. The zero-order valence-corrected chi connectivity index (χ0v) is 8.79. The number of nitrogens with zero attached hydrogens (tertiary/aromatic N) is 1. The molecule has 0 aromatic carbocycles. The molecule has 1 N–H and O–H groups in total. The second kappa shape index (κ2) is 5.21. The summed E-state index contributed by atoms with van der Waals surface area (Å²) in [7, 11) is 0. The summed E-state index contributed by atoms with van der Waals surface area (Å²) >= 11 is 0. The van der Waals surface area contributed by atoms with Gasteiger partial charge in [0.15, 0.2) is 0 Å². The van der Waals surface area contributed by atoms with Crippen molar-refractivity contribution in [1.82, 2.24) is 4.98 Å². The predicted molar refractivity (Wildman–Crippen MR) is 52.7 cm³/mol. The summed E-state index contributed by atoms with van der Waals surface area (Å²) in [4.78, 5) is 24.4. The minimum absolute atomic E-state index is 0.0346. The summed E-state index contributed by atoms with van der Waals surface area (Å²) < 4.78 is 29.5. The molecule has 7 heteroatoms. The molecule has 1 aromatic rings. The topological polar surface area (TPSA) is 83.0 Å². The third-order valence-electron chi connectivity index (χ3n) is 1.91. The van der Waals surface area contributed by atoms with Crippen LogP contribution in [0.2, 0.25) is 0 Å². The molecule has 1 heterocycles. The van der Waals surface area contributed by atoms with Crippen molar-refractivity contribution < 1.29 is 18.3 Å². The monoisotopic (exact) mass is 242 g/mol. The fourth-order valence-electron chi connectivity index (χ4n) is 1.17. The summed E-state index contributed by atoms with van der Waals surface area (Å²) in [6.45, 7) is 1.57. The molecule has 0 amide bonds. The zero-order chi connectivity index (χ0) is 13.0. The van der Waals surface area contributed by atoms with Crippen LogP contribution in [0.3, 0.4) is 0 Å². The van der Waals surface area contributed by atoms with Gasteiger partial charge in [-0.05, 0) is 13.0 Å². The molecule has 0 saturated carbocycles. The van der Waals surface area contributed by atoms with Gasteiger partial charge in [0, 0.05) is 0 Å². The van der Waals surface area contributed by atoms with Crippen molar-refractivity contribution in [3.63, 3.8) is 0 Å². The maximum absolute atomic E-state index is 12.4. The van der Waals surface area contributed by atoms with Crippen LogP contribution in [0.4, 0.5) is 8.78 Å². The summed E-state index contributed by atoms with van der Waals surface area (Å²) in [6.07, 6.45) is -3.03. The largest absolute Gasteiger partial charge is 0.462 e. The second-order valence-electron chi connectivity index (χ2n) is 2.98. The molecular weight excluding hydrogens is 234 g/mol. The van der Waals surface area contributed by atoms with Crippen LogP contribution in [-0.4, -0.2) is 17.6 Å². The van der Waals surface area contributed by atoms with Crippen LogP contribution in [-0.2, 0) is 4.74 Å². The molecule has 0 atom stereocenters. The van der Waals surface area contributed by atoms with E-state index in [4.69, 9.17) is 5.26 Å². The smallest absolute Gasteiger partial charge is 0.341 e. The SMILES string of the molecule is CCOC(=O)c1cc(C(F)F)c(=O)[nH]c1C#N. The van der Waals surface area contributed by atoms with E-state index < -0.39 is 29.2 Å². The highest BCUT2D eigenvalue weighted by Gasteiger charge is 2.20. The number of H-pyrrole nitrogens is 1. The first-order valence-electron chi connectivity index (χ1n) is 4.63. The highest BCUT2D eigenvalue weighted by atomic mass is 19.3.